The van der Waals surface area contributed by atoms with Gasteiger partial charge in [0.2, 0.25) is 0 Å². The molecule has 90 valence electrons. The lowest BCUT2D eigenvalue weighted by atomic mass is 9.87. The van der Waals surface area contributed by atoms with Crippen molar-refractivity contribution in [2.45, 2.75) is 32.7 Å². The van der Waals surface area contributed by atoms with E-state index in [1.54, 1.807) is 6.20 Å². The molecule has 0 spiro atoms. The number of hydrogen-bond donors (Lipinski definition) is 1. The highest BCUT2D eigenvalue weighted by atomic mass is 15.1. The lowest BCUT2D eigenvalue weighted by Crippen LogP contribution is -2.11. The zero-order chi connectivity index (χ0) is 12.5. The lowest BCUT2D eigenvalue weighted by molar-refractivity contribution is 0.590. The van der Waals surface area contributed by atoms with Crippen molar-refractivity contribution in [3.05, 3.63) is 48.0 Å². The summed E-state index contributed by atoms with van der Waals surface area (Å²) in [6.07, 6.45) is 3.72. The molecule has 0 saturated carbocycles. The van der Waals surface area contributed by atoms with Gasteiger partial charge >= 0.3 is 0 Å². The lowest BCUT2D eigenvalue weighted by Gasteiger charge is -2.19. The second-order valence-electron chi connectivity index (χ2n) is 5.21. The average Bonchev–Trinajstić information content (AvgIpc) is 2.76. The maximum absolute atomic E-state index is 5.65. The van der Waals surface area contributed by atoms with Gasteiger partial charge in [0.05, 0.1) is 6.54 Å². The van der Waals surface area contributed by atoms with Crippen LogP contribution in [0.2, 0.25) is 0 Å². The summed E-state index contributed by atoms with van der Waals surface area (Å²) in [4.78, 5) is 4.22. The third-order valence-electron chi connectivity index (χ3n) is 2.91. The van der Waals surface area contributed by atoms with Crippen LogP contribution in [-0.4, -0.2) is 9.55 Å². The quantitative estimate of drug-likeness (QED) is 0.860. The Morgan fingerprint density at radius 3 is 2.35 bits per heavy atom. The largest absolute Gasteiger partial charge is 0.324 e. The number of imidazole rings is 1. The molecule has 3 nitrogen and oxygen atoms in total. The first-order chi connectivity index (χ1) is 8.02. The highest BCUT2D eigenvalue weighted by molar-refractivity contribution is 5.38. The topological polar surface area (TPSA) is 43.8 Å². The molecule has 0 amide bonds. The number of rotatable bonds is 2. The summed E-state index contributed by atoms with van der Waals surface area (Å²) in [7, 11) is 0. The molecule has 1 aromatic heterocycles. The van der Waals surface area contributed by atoms with Crippen molar-refractivity contribution in [3.8, 4) is 5.69 Å². The van der Waals surface area contributed by atoms with Crippen molar-refractivity contribution in [1.82, 2.24) is 9.55 Å². The summed E-state index contributed by atoms with van der Waals surface area (Å²) >= 11 is 0. The third kappa shape index (κ3) is 2.39. The van der Waals surface area contributed by atoms with Gasteiger partial charge in [0.15, 0.2) is 0 Å². The minimum atomic E-state index is 0.185. The summed E-state index contributed by atoms with van der Waals surface area (Å²) in [5.74, 6) is 0.883. The van der Waals surface area contributed by atoms with Crippen molar-refractivity contribution in [1.29, 1.82) is 0 Å². The van der Waals surface area contributed by atoms with Gasteiger partial charge in [0, 0.05) is 18.1 Å². The van der Waals surface area contributed by atoms with Crippen molar-refractivity contribution in [2.75, 3.05) is 0 Å². The summed E-state index contributed by atoms with van der Waals surface area (Å²) < 4.78 is 2.02. The number of nitrogens with zero attached hydrogens (tertiary/aromatic N) is 2. The molecule has 1 heterocycles. The third-order valence-corrected chi connectivity index (χ3v) is 2.91. The maximum atomic E-state index is 5.65. The fraction of sp³-hybridized carbons (Fsp3) is 0.357. The first-order valence-corrected chi connectivity index (χ1v) is 5.85. The normalized spacial score (nSPS) is 11.8. The zero-order valence-electron chi connectivity index (χ0n) is 10.6. The number of nitrogens with two attached hydrogens (primary N) is 1. The molecular weight excluding hydrogens is 210 g/mol. The number of benzene rings is 1. The highest BCUT2D eigenvalue weighted by Crippen LogP contribution is 2.23. The Balaban J connectivity index is 2.36. The fourth-order valence-corrected chi connectivity index (χ4v) is 1.84. The monoisotopic (exact) mass is 229 g/mol. The van der Waals surface area contributed by atoms with Crippen LogP contribution in [0.5, 0.6) is 0 Å². The van der Waals surface area contributed by atoms with E-state index in [4.69, 9.17) is 5.73 Å². The molecule has 0 fully saturated rings. The number of hydrogen-bond acceptors (Lipinski definition) is 2. The van der Waals surface area contributed by atoms with Crippen molar-refractivity contribution in [2.24, 2.45) is 5.73 Å². The van der Waals surface area contributed by atoms with Crippen LogP contribution in [-0.2, 0) is 12.0 Å². The molecule has 2 rings (SSSR count). The van der Waals surface area contributed by atoms with E-state index < -0.39 is 0 Å². The standard InChI is InChI=1S/C14H19N3/c1-14(2,3)11-4-6-12(7-5-11)17-9-8-16-13(17)10-15/h4-9H,10,15H2,1-3H3. The zero-order valence-corrected chi connectivity index (χ0v) is 10.6. The van der Waals surface area contributed by atoms with E-state index in [-0.39, 0.29) is 5.41 Å². The Labute approximate surface area is 102 Å². The Morgan fingerprint density at radius 2 is 1.82 bits per heavy atom. The van der Waals surface area contributed by atoms with Crippen LogP contribution < -0.4 is 5.73 Å². The Hall–Kier alpha value is -1.61. The van der Waals surface area contributed by atoms with Crippen LogP contribution in [0.15, 0.2) is 36.7 Å². The van der Waals surface area contributed by atoms with E-state index in [0.717, 1.165) is 11.5 Å². The summed E-state index contributed by atoms with van der Waals surface area (Å²) in [6.45, 7) is 7.09. The smallest absolute Gasteiger partial charge is 0.126 e. The first kappa shape index (κ1) is 11.9. The predicted molar refractivity (Wildman–Crippen MR) is 70.2 cm³/mol. The van der Waals surface area contributed by atoms with E-state index in [1.807, 2.05) is 10.8 Å². The minimum Gasteiger partial charge on any atom is -0.324 e. The summed E-state index contributed by atoms with van der Waals surface area (Å²) in [5.41, 5.74) is 8.27. The van der Waals surface area contributed by atoms with Gasteiger partial charge < -0.3 is 10.3 Å². The Bertz CT molecular complexity index is 489. The Morgan fingerprint density at radius 1 is 1.18 bits per heavy atom. The van der Waals surface area contributed by atoms with Gasteiger partial charge in [0.25, 0.3) is 0 Å². The molecule has 2 N–H and O–H groups in total. The van der Waals surface area contributed by atoms with Gasteiger partial charge in [0.1, 0.15) is 5.82 Å². The molecular formula is C14H19N3. The van der Waals surface area contributed by atoms with Crippen molar-refractivity contribution < 1.29 is 0 Å². The molecule has 0 aliphatic carbocycles. The number of aromatic nitrogens is 2. The molecule has 17 heavy (non-hydrogen) atoms. The van der Waals surface area contributed by atoms with Gasteiger partial charge in [-0.3, -0.25) is 0 Å². The van der Waals surface area contributed by atoms with Gasteiger partial charge in [-0.15, -0.1) is 0 Å². The van der Waals surface area contributed by atoms with Crippen LogP contribution in [0, 0.1) is 0 Å². The Kier molecular flexibility index (Phi) is 3.03. The molecule has 0 bridgehead atoms. The highest BCUT2D eigenvalue weighted by Gasteiger charge is 2.13. The van der Waals surface area contributed by atoms with Gasteiger partial charge in [-0.05, 0) is 23.1 Å². The minimum absolute atomic E-state index is 0.185. The van der Waals surface area contributed by atoms with Crippen LogP contribution in [0.1, 0.15) is 32.2 Å². The van der Waals surface area contributed by atoms with Crippen LogP contribution in [0.3, 0.4) is 0 Å². The molecule has 0 aliphatic heterocycles. The molecule has 0 unspecified atom stereocenters. The molecule has 3 heteroatoms. The van der Waals surface area contributed by atoms with E-state index in [0.29, 0.717) is 6.54 Å². The fourth-order valence-electron chi connectivity index (χ4n) is 1.84. The van der Waals surface area contributed by atoms with Crippen LogP contribution in [0.4, 0.5) is 0 Å². The first-order valence-electron chi connectivity index (χ1n) is 5.85. The van der Waals surface area contributed by atoms with Gasteiger partial charge in [-0.2, -0.15) is 0 Å². The molecule has 2 aromatic rings. The van der Waals surface area contributed by atoms with Gasteiger partial charge in [-0.25, -0.2) is 4.98 Å². The average molecular weight is 229 g/mol. The van der Waals surface area contributed by atoms with E-state index >= 15 is 0 Å². The van der Waals surface area contributed by atoms with Crippen LogP contribution >= 0.6 is 0 Å². The second kappa shape index (κ2) is 4.34. The van der Waals surface area contributed by atoms with Crippen LogP contribution in [0.25, 0.3) is 5.69 Å². The molecule has 0 radical (unpaired) electrons. The van der Waals surface area contributed by atoms with E-state index in [2.05, 4.69) is 50.0 Å². The SMILES string of the molecule is CC(C)(C)c1ccc(-n2ccnc2CN)cc1. The molecule has 0 aliphatic rings. The summed E-state index contributed by atoms with van der Waals surface area (Å²) in [5, 5.41) is 0. The van der Waals surface area contributed by atoms with Crippen molar-refractivity contribution in [3.63, 3.8) is 0 Å². The summed E-state index contributed by atoms with van der Waals surface area (Å²) in [6, 6.07) is 8.55. The molecule has 0 saturated heterocycles. The van der Waals surface area contributed by atoms with Gasteiger partial charge in [-0.1, -0.05) is 32.9 Å². The van der Waals surface area contributed by atoms with E-state index in [1.165, 1.54) is 5.56 Å². The maximum Gasteiger partial charge on any atom is 0.126 e. The van der Waals surface area contributed by atoms with E-state index in [9.17, 15) is 0 Å². The predicted octanol–water partition coefficient (Wildman–Crippen LogP) is 2.63. The molecule has 0 atom stereocenters. The van der Waals surface area contributed by atoms with Crippen molar-refractivity contribution >= 4 is 0 Å². The second-order valence-corrected chi connectivity index (χ2v) is 5.21. The molecule has 1 aromatic carbocycles.